The molecule has 0 saturated carbocycles. The fourth-order valence-corrected chi connectivity index (χ4v) is 4.53. The first-order chi connectivity index (χ1) is 9.12. The molecule has 1 unspecified atom stereocenters. The number of nitrogens with one attached hydrogen (secondary N) is 2. The second-order valence-corrected chi connectivity index (χ2v) is 7.45. The molecule has 4 nitrogen and oxygen atoms in total. The number of sulfonamides is 1. The van der Waals surface area contributed by atoms with E-state index in [1.807, 2.05) is 18.7 Å². The molecular formula is C13H20N2O2S2. The molecule has 19 heavy (non-hydrogen) atoms. The van der Waals surface area contributed by atoms with Gasteiger partial charge in [0.25, 0.3) is 0 Å². The van der Waals surface area contributed by atoms with E-state index in [1.165, 1.54) is 0 Å². The molecule has 1 aliphatic rings. The van der Waals surface area contributed by atoms with E-state index in [9.17, 15) is 8.42 Å². The molecule has 0 spiro atoms. The van der Waals surface area contributed by atoms with Gasteiger partial charge in [-0.15, -0.1) is 0 Å². The topological polar surface area (TPSA) is 58.2 Å². The molecular weight excluding hydrogens is 280 g/mol. The lowest BCUT2D eigenvalue weighted by molar-refractivity contribution is 0.543. The molecule has 2 N–H and O–H groups in total. The molecule has 1 aromatic rings. The van der Waals surface area contributed by atoms with Crippen molar-refractivity contribution in [2.45, 2.75) is 30.7 Å². The normalized spacial score (nSPS) is 20.2. The second kappa shape index (κ2) is 6.63. The van der Waals surface area contributed by atoms with E-state index >= 15 is 0 Å². The van der Waals surface area contributed by atoms with E-state index < -0.39 is 10.0 Å². The van der Waals surface area contributed by atoms with E-state index in [-0.39, 0.29) is 6.04 Å². The summed E-state index contributed by atoms with van der Waals surface area (Å²) in [5.74, 6) is 2.00. The molecule has 6 heteroatoms. The standard InChI is InChI=1S/C13H20N2O2S2/c1-2-14-11-5-7-13(8-6-11)19(16,17)15-12-4-3-9-18-10-12/h5-8,12,14-15H,2-4,9-10H2,1H3. The Morgan fingerprint density at radius 1 is 1.32 bits per heavy atom. The summed E-state index contributed by atoms with van der Waals surface area (Å²) in [4.78, 5) is 0.338. The van der Waals surface area contributed by atoms with Gasteiger partial charge in [-0.2, -0.15) is 11.8 Å². The van der Waals surface area contributed by atoms with Crippen LogP contribution in [-0.2, 0) is 10.0 Å². The van der Waals surface area contributed by atoms with Crippen molar-refractivity contribution in [2.75, 3.05) is 23.4 Å². The van der Waals surface area contributed by atoms with Crippen LogP contribution in [0.1, 0.15) is 19.8 Å². The van der Waals surface area contributed by atoms with Crippen molar-refractivity contribution in [2.24, 2.45) is 0 Å². The summed E-state index contributed by atoms with van der Waals surface area (Å²) in [5, 5.41) is 3.15. The van der Waals surface area contributed by atoms with Crippen LogP contribution in [0.4, 0.5) is 5.69 Å². The molecule has 1 atom stereocenters. The van der Waals surface area contributed by atoms with Gasteiger partial charge in [0.1, 0.15) is 0 Å². The smallest absolute Gasteiger partial charge is 0.240 e. The van der Waals surface area contributed by atoms with Gasteiger partial charge in [-0.05, 0) is 49.8 Å². The lowest BCUT2D eigenvalue weighted by Crippen LogP contribution is -2.38. The highest BCUT2D eigenvalue weighted by Crippen LogP contribution is 2.20. The highest BCUT2D eigenvalue weighted by atomic mass is 32.2. The molecule has 106 valence electrons. The number of hydrogen-bond acceptors (Lipinski definition) is 4. The molecule has 1 fully saturated rings. The third-order valence-electron chi connectivity index (χ3n) is 3.03. The number of hydrogen-bond donors (Lipinski definition) is 2. The maximum Gasteiger partial charge on any atom is 0.240 e. The Kier molecular flexibility index (Phi) is 5.13. The van der Waals surface area contributed by atoms with Gasteiger partial charge in [0.05, 0.1) is 4.90 Å². The highest BCUT2D eigenvalue weighted by Gasteiger charge is 2.21. The lowest BCUT2D eigenvalue weighted by atomic mass is 10.2. The van der Waals surface area contributed by atoms with Crippen LogP contribution in [-0.4, -0.2) is 32.5 Å². The van der Waals surface area contributed by atoms with Gasteiger partial charge >= 0.3 is 0 Å². The number of thioether (sulfide) groups is 1. The van der Waals surface area contributed by atoms with Crippen LogP contribution in [0.25, 0.3) is 0 Å². The monoisotopic (exact) mass is 300 g/mol. The Bertz CT molecular complexity index is 494. The van der Waals surface area contributed by atoms with Gasteiger partial charge in [0, 0.05) is 24.0 Å². The van der Waals surface area contributed by atoms with Crippen LogP contribution in [0.15, 0.2) is 29.2 Å². The van der Waals surface area contributed by atoms with Crippen molar-refractivity contribution in [3.05, 3.63) is 24.3 Å². The van der Waals surface area contributed by atoms with E-state index in [2.05, 4.69) is 10.0 Å². The van der Waals surface area contributed by atoms with Gasteiger partial charge < -0.3 is 5.32 Å². The predicted octanol–water partition coefficient (Wildman–Crippen LogP) is 2.29. The molecule has 1 aromatic carbocycles. The zero-order chi connectivity index (χ0) is 13.7. The summed E-state index contributed by atoms with van der Waals surface area (Å²) in [6, 6.07) is 6.96. The van der Waals surface area contributed by atoms with Crippen molar-refractivity contribution < 1.29 is 8.42 Å². The molecule has 0 radical (unpaired) electrons. The first-order valence-corrected chi connectivity index (χ1v) is 9.19. The highest BCUT2D eigenvalue weighted by molar-refractivity contribution is 7.99. The lowest BCUT2D eigenvalue weighted by Gasteiger charge is -2.22. The van der Waals surface area contributed by atoms with Crippen LogP contribution in [0.5, 0.6) is 0 Å². The summed E-state index contributed by atoms with van der Waals surface area (Å²) in [7, 11) is -3.38. The number of benzene rings is 1. The average Bonchev–Trinajstić information content (AvgIpc) is 2.40. The Morgan fingerprint density at radius 3 is 2.63 bits per heavy atom. The van der Waals surface area contributed by atoms with Crippen LogP contribution in [0, 0.1) is 0 Å². The number of rotatable bonds is 5. The summed E-state index contributed by atoms with van der Waals surface area (Å²) < 4.78 is 27.3. The third kappa shape index (κ3) is 4.12. The summed E-state index contributed by atoms with van der Waals surface area (Å²) in [5.41, 5.74) is 0.940. The summed E-state index contributed by atoms with van der Waals surface area (Å²) >= 11 is 1.81. The Balaban J connectivity index is 2.05. The van der Waals surface area contributed by atoms with E-state index in [4.69, 9.17) is 0 Å². The van der Waals surface area contributed by atoms with E-state index in [1.54, 1.807) is 24.3 Å². The molecule has 0 amide bonds. The minimum Gasteiger partial charge on any atom is -0.385 e. The minimum atomic E-state index is -3.38. The molecule has 0 aliphatic carbocycles. The minimum absolute atomic E-state index is 0.0668. The first kappa shape index (κ1) is 14.7. The van der Waals surface area contributed by atoms with E-state index in [0.717, 1.165) is 36.6 Å². The van der Waals surface area contributed by atoms with Crippen LogP contribution in [0.3, 0.4) is 0 Å². The molecule has 2 rings (SSSR count). The Labute approximate surface area is 119 Å². The quantitative estimate of drug-likeness (QED) is 0.876. The second-order valence-electron chi connectivity index (χ2n) is 4.59. The number of anilines is 1. The van der Waals surface area contributed by atoms with Gasteiger partial charge in [-0.1, -0.05) is 0 Å². The van der Waals surface area contributed by atoms with Crippen molar-refractivity contribution in [3.63, 3.8) is 0 Å². The zero-order valence-electron chi connectivity index (χ0n) is 11.1. The Hall–Kier alpha value is -0.720. The van der Waals surface area contributed by atoms with Crippen LogP contribution < -0.4 is 10.0 Å². The van der Waals surface area contributed by atoms with Crippen molar-refractivity contribution >= 4 is 27.5 Å². The molecule has 1 saturated heterocycles. The zero-order valence-corrected chi connectivity index (χ0v) is 12.7. The van der Waals surface area contributed by atoms with Gasteiger partial charge in [0.2, 0.25) is 10.0 Å². The maximum absolute atomic E-state index is 12.2. The van der Waals surface area contributed by atoms with Crippen molar-refractivity contribution in [1.29, 1.82) is 0 Å². The fourth-order valence-electron chi connectivity index (χ4n) is 2.08. The fraction of sp³-hybridized carbons (Fsp3) is 0.538. The largest absolute Gasteiger partial charge is 0.385 e. The maximum atomic E-state index is 12.2. The van der Waals surface area contributed by atoms with Crippen LogP contribution in [0.2, 0.25) is 0 Å². The molecule has 0 aromatic heterocycles. The SMILES string of the molecule is CCNc1ccc(S(=O)(=O)NC2CCCSC2)cc1. The molecule has 1 aliphatic heterocycles. The van der Waals surface area contributed by atoms with Crippen LogP contribution >= 0.6 is 11.8 Å². The van der Waals surface area contributed by atoms with Gasteiger partial charge in [0.15, 0.2) is 0 Å². The average molecular weight is 300 g/mol. The molecule has 0 bridgehead atoms. The molecule has 1 heterocycles. The van der Waals surface area contributed by atoms with Crippen molar-refractivity contribution in [3.8, 4) is 0 Å². The summed E-state index contributed by atoms with van der Waals surface area (Å²) in [6.45, 7) is 2.83. The Morgan fingerprint density at radius 2 is 2.05 bits per heavy atom. The van der Waals surface area contributed by atoms with Gasteiger partial charge in [-0.25, -0.2) is 13.1 Å². The third-order valence-corrected chi connectivity index (χ3v) is 5.78. The first-order valence-electron chi connectivity index (χ1n) is 6.56. The van der Waals surface area contributed by atoms with E-state index in [0.29, 0.717) is 4.90 Å². The van der Waals surface area contributed by atoms with Gasteiger partial charge in [-0.3, -0.25) is 0 Å². The predicted molar refractivity (Wildman–Crippen MR) is 81.3 cm³/mol. The van der Waals surface area contributed by atoms with Crippen molar-refractivity contribution in [1.82, 2.24) is 4.72 Å². The summed E-state index contributed by atoms with van der Waals surface area (Å²) in [6.07, 6.45) is 2.01.